The van der Waals surface area contributed by atoms with Gasteiger partial charge in [-0.1, -0.05) is 41.7 Å². The summed E-state index contributed by atoms with van der Waals surface area (Å²) in [6.45, 7) is 3.49. The lowest BCUT2D eigenvalue weighted by atomic mass is 9.94. The molecule has 1 aromatic carbocycles. The third-order valence-corrected chi connectivity index (χ3v) is 4.64. The number of nitrogens with zero attached hydrogens (tertiary/aromatic N) is 2. The van der Waals surface area contributed by atoms with E-state index >= 15 is 0 Å². The largest absolute Gasteiger partial charge is 0.379 e. The van der Waals surface area contributed by atoms with Crippen molar-refractivity contribution in [2.45, 2.75) is 44.6 Å². The van der Waals surface area contributed by atoms with Crippen LogP contribution in [0.1, 0.15) is 44.6 Å². The SMILES string of the molecule is CC1(C(=O)N2CCCCCC2)CC(c2ccc(Cl)cc2)=NO1. The number of carbonyl (C=O) groups excluding carboxylic acids is 1. The Morgan fingerprint density at radius 3 is 2.45 bits per heavy atom. The van der Waals surface area contributed by atoms with E-state index in [4.69, 9.17) is 16.4 Å². The highest BCUT2D eigenvalue weighted by atomic mass is 35.5. The lowest BCUT2D eigenvalue weighted by molar-refractivity contribution is -0.153. The minimum atomic E-state index is -0.876. The molecule has 5 heteroatoms. The van der Waals surface area contributed by atoms with Crippen LogP contribution in [0.15, 0.2) is 29.4 Å². The van der Waals surface area contributed by atoms with E-state index < -0.39 is 5.60 Å². The predicted molar refractivity (Wildman–Crippen MR) is 87.1 cm³/mol. The summed E-state index contributed by atoms with van der Waals surface area (Å²) in [5.41, 5.74) is 0.887. The van der Waals surface area contributed by atoms with Gasteiger partial charge in [0.05, 0.1) is 5.71 Å². The first kappa shape index (κ1) is 15.3. The molecule has 2 heterocycles. The molecule has 0 N–H and O–H groups in total. The number of benzene rings is 1. The van der Waals surface area contributed by atoms with E-state index in [1.54, 1.807) is 0 Å². The third-order valence-electron chi connectivity index (χ3n) is 4.39. The Morgan fingerprint density at radius 2 is 1.82 bits per heavy atom. The monoisotopic (exact) mass is 320 g/mol. The lowest BCUT2D eigenvalue weighted by Crippen LogP contribution is -2.47. The molecule has 2 aliphatic heterocycles. The average Bonchev–Trinajstić information content (AvgIpc) is 2.75. The van der Waals surface area contributed by atoms with Crippen molar-refractivity contribution < 1.29 is 9.63 Å². The predicted octanol–water partition coefficient (Wildman–Crippen LogP) is 3.63. The fourth-order valence-corrected chi connectivity index (χ4v) is 3.19. The number of amides is 1. The molecule has 2 aliphatic rings. The standard InChI is InChI=1S/C17H21ClN2O2/c1-17(16(21)20-10-4-2-3-5-11-20)12-15(19-22-17)13-6-8-14(18)9-7-13/h6-9H,2-5,10-12H2,1H3. The zero-order valence-electron chi connectivity index (χ0n) is 12.8. The number of hydrogen-bond acceptors (Lipinski definition) is 3. The van der Waals surface area contributed by atoms with Crippen molar-refractivity contribution in [3.8, 4) is 0 Å². The summed E-state index contributed by atoms with van der Waals surface area (Å²) >= 11 is 5.91. The summed E-state index contributed by atoms with van der Waals surface area (Å²) in [5.74, 6) is 0.0575. The van der Waals surface area contributed by atoms with E-state index in [-0.39, 0.29) is 5.91 Å². The van der Waals surface area contributed by atoms with E-state index in [2.05, 4.69) is 5.16 Å². The van der Waals surface area contributed by atoms with E-state index in [1.807, 2.05) is 36.1 Å². The molecular formula is C17H21ClN2O2. The molecule has 0 aliphatic carbocycles. The maximum atomic E-state index is 12.8. The third kappa shape index (κ3) is 3.12. The van der Waals surface area contributed by atoms with E-state index in [9.17, 15) is 4.79 Å². The second-order valence-electron chi connectivity index (χ2n) is 6.25. The molecule has 22 heavy (non-hydrogen) atoms. The summed E-state index contributed by atoms with van der Waals surface area (Å²) in [6.07, 6.45) is 5.06. The van der Waals surface area contributed by atoms with Crippen LogP contribution in [-0.4, -0.2) is 35.2 Å². The summed E-state index contributed by atoms with van der Waals surface area (Å²) < 4.78 is 0. The first-order valence-corrected chi connectivity index (χ1v) is 8.27. The molecule has 1 aromatic rings. The number of hydrogen-bond donors (Lipinski definition) is 0. The van der Waals surface area contributed by atoms with Gasteiger partial charge in [0.15, 0.2) is 0 Å². The van der Waals surface area contributed by atoms with Crippen LogP contribution in [0.5, 0.6) is 0 Å². The molecule has 1 fully saturated rings. The molecule has 0 bridgehead atoms. The molecule has 1 unspecified atom stereocenters. The molecule has 1 amide bonds. The quantitative estimate of drug-likeness (QED) is 0.835. The molecule has 1 saturated heterocycles. The Hall–Kier alpha value is -1.55. The van der Waals surface area contributed by atoms with Crippen molar-refractivity contribution in [1.82, 2.24) is 4.90 Å². The Kier molecular flexibility index (Phi) is 4.39. The normalized spacial score (nSPS) is 25.4. The maximum Gasteiger partial charge on any atom is 0.269 e. The summed E-state index contributed by atoms with van der Waals surface area (Å²) in [5, 5.41) is 4.84. The average molecular weight is 321 g/mol. The van der Waals surface area contributed by atoms with Crippen LogP contribution in [0.25, 0.3) is 0 Å². The molecule has 0 radical (unpaired) electrons. The second kappa shape index (κ2) is 6.29. The van der Waals surface area contributed by atoms with Crippen LogP contribution in [0.4, 0.5) is 0 Å². The smallest absolute Gasteiger partial charge is 0.269 e. The van der Waals surface area contributed by atoms with Crippen LogP contribution in [-0.2, 0) is 9.63 Å². The number of oxime groups is 1. The molecule has 0 spiro atoms. The van der Waals surface area contributed by atoms with Gasteiger partial charge < -0.3 is 9.74 Å². The number of carbonyl (C=O) groups is 1. The first-order valence-electron chi connectivity index (χ1n) is 7.89. The van der Waals surface area contributed by atoms with Crippen molar-refractivity contribution in [2.75, 3.05) is 13.1 Å². The van der Waals surface area contributed by atoms with Gasteiger partial charge in [0, 0.05) is 24.5 Å². The highest BCUT2D eigenvalue weighted by Gasteiger charge is 2.44. The van der Waals surface area contributed by atoms with Crippen LogP contribution in [0.3, 0.4) is 0 Å². The number of likely N-dealkylation sites (tertiary alicyclic amines) is 1. The van der Waals surface area contributed by atoms with Crippen molar-refractivity contribution >= 4 is 23.2 Å². The van der Waals surface area contributed by atoms with Gasteiger partial charge in [0.25, 0.3) is 5.91 Å². The Bertz CT molecular complexity index is 577. The number of halogens is 1. The van der Waals surface area contributed by atoms with Crippen molar-refractivity contribution in [1.29, 1.82) is 0 Å². The van der Waals surface area contributed by atoms with Gasteiger partial charge in [-0.3, -0.25) is 4.79 Å². The van der Waals surface area contributed by atoms with Crippen LogP contribution >= 0.6 is 11.6 Å². The Labute approximate surface area is 136 Å². The highest BCUT2D eigenvalue weighted by molar-refractivity contribution is 6.30. The lowest BCUT2D eigenvalue weighted by Gasteiger charge is -2.29. The molecule has 4 nitrogen and oxygen atoms in total. The number of rotatable bonds is 2. The molecule has 3 rings (SSSR count). The Morgan fingerprint density at radius 1 is 1.18 bits per heavy atom. The summed E-state index contributed by atoms with van der Waals surface area (Å²) in [7, 11) is 0. The van der Waals surface area contributed by atoms with Crippen molar-refractivity contribution in [3.05, 3.63) is 34.9 Å². The highest BCUT2D eigenvalue weighted by Crippen LogP contribution is 2.29. The second-order valence-corrected chi connectivity index (χ2v) is 6.69. The maximum absolute atomic E-state index is 12.8. The van der Waals surface area contributed by atoms with E-state index in [0.717, 1.165) is 37.2 Å². The van der Waals surface area contributed by atoms with Gasteiger partial charge >= 0.3 is 0 Å². The zero-order chi connectivity index (χ0) is 15.6. The van der Waals surface area contributed by atoms with Crippen LogP contribution < -0.4 is 0 Å². The summed E-state index contributed by atoms with van der Waals surface area (Å²) in [4.78, 5) is 20.3. The van der Waals surface area contributed by atoms with Gasteiger partial charge in [-0.05, 0) is 37.5 Å². The van der Waals surface area contributed by atoms with E-state index in [0.29, 0.717) is 11.4 Å². The molecule has 118 valence electrons. The summed E-state index contributed by atoms with van der Waals surface area (Å²) in [6, 6.07) is 7.47. The first-order chi connectivity index (χ1) is 10.6. The van der Waals surface area contributed by atoms with Crippen LogP contribution in [0, 0.1) is 0 Å². The van der Waals surface area contributed by atoms with Gasteiger partial charge in [0.1, 0.15) is 0 Å². The molecular weight excluding hydrogens is 300 g/mol. The molecule has 0 saturated carbocycles. The topological polar surface area (TPSA) is 41.9 Å². The van der Waals surface area contributed by atoms with Gasteiger partial charge in [0.2, 0.25) is 5.60 Å². The van der Waals surface area contributed by atoms with E-state index in [1.165, 1.54) is 12.8 Å². The fraction of sp³-hybridized carbons (Fsp3) is 0.529. The minimum absolute atomic E-state index is 0.0575. The zero-order valence-corrected chi connectivity index (χ0v) is 13.6. The Balaban J connectivity index is 1.70. The van der Waals surface area contributed by atoms with Gasteiger partial charge in [-0.15, -0.1) is 0 Å². The van der Waals surface area contributed by atoms with Crippen molar-refractivity contribution in [2.24, 2.45) is 5.16 Å². The van der Waals surface area contributed by atoms with Crippen molar-refractivity contribution in [3.63, 3.8) is 0 Å². The van der Waals surface area contributed by atoms with Gasteiger partial charge in [-0.25, -0.2) is 0 Å². The fourth-order valence-electron chi connectivity index (χ4n) is 3.06. The molecule has 0 aromatic heterocycles. The van der Waals surface area contributed by atoms with Crippen LogP contribution in [0.2, 0.25) is 5.02 Å². The minimum Gasteiger partial charge on any atom is -0.379 e. The van der Waals surface area contributed by atoms with Gasteiger partial charge in [-0.2, -0.15) is 0 Å². The molecule has 1 atom stereocenters.